The second-order valence-electron chi connectivity index (χ2n) is 5.43. The Kier molecular flexibility index (Phi) is 10.8. The van der Waals surface area contributed by atoms with Crippen molar-refractivity contribution >= 4 is 41.3 Å². The van der Waals surface area contributed by atoms with Crippen LogP contribution in [0.4, 0.5) is 0 Å². The van der Waals surface area contributed by atoms with E-state index in [-0.39, 0.29) is 24.0 Å². The highest BCUT2D eigenvalue weighted by Crippen LogP contribution is 2.11. The zero-order chi connectivity index (χ0) is 15.6. The number of likely N-dealkylation sites (N-methyl/N-ethyl adjacent to an activating group) is 1. The van der Waals surface area contributed by atoms with Gasteiger partial charge < -0.3 is 19.7 Å². The first kappa shape index (κ1) is 20.7. The van der Waals surface area contributed by atoms with Crippen LogP contribution in [0, 0.1) is 0 Å². The fourth-order valence-corrected chi connectivity index (χ4v) is 3.15. The number of thiophene rings is 1. The van der Waals surface area contributed by atoms with Crippen molar-refractivity contribution in [2.24, 2.45) is 4.99 Å². The Labute approximate surface area is 160 Å². The minimum Gasteiger partial charge on any atom is -0.377 e. The number of ether oxygens (including phenoxy) is 2. The van der Waals surface area contributed by atoms with E-state index in [0.717, 1.165) is 44.9 Å². The molecule has 1 aromatic rings. The molecule has 0 spiro atoms. The van der Waals surface area contributed by atoms with Gasteiger partial charge in [-0.2, -0.15) is 0 Å². The lowest BCUT2D eigenvalue weighted by Gasteiger charge is -2.22. The Morgan fingerprint density at radius 1 is 1.57 bits per heavy atom. The van der Waals surface area contributed by atoms with Crippen LogP contribution in [0.5, 0.6) is 0 Å². The third-order valence-electron chi connectivity index (χ3n) is 3.70. The summed E-state index contributed by atoms with van der Waals surface area (Å²) in [6, 6.07) is 4.27. The van der Waals surface area contributed by atoms with E-state index in [9.17, 15) is 0 Å². The molecule has 1 aliphatic rings. The zero-order valence-electron chi connectivity index (χ0n) is 14.0. The van der Waals surface area contributed by atoms with Gasteiger partial charge in [-0.3, -0.25) is 4.99 Å². The molecule has 1 unspecified atom stereocenters. The third-order valence-corrected chi connectivity index (χ3v) is 4.64. The number of guanidine groups is 1. The number of aliphatic imine (C=N–C) groups is 1. The summed E-state index contributed by atoms with van der Waals surface area (Å²) >= 11 is 1.80. The van der Waals surface area contributed by atoms with E-state index in [1.54, 1.807) is 11.3 Å². The molecule has 1 N–H and O–H groups in total. The first-order valence-electron chi connectivity index (χ1n) is 7.93. The molecule has 5 nitrogen and oxygen atoms in total. The summed E-state index contributed by atoms with van der Waals surface area (Å²) in [5.74, 6) is 0.914. The van der Waals surface area contributed by atoms with E-state index in [4.69, 9.17) is 9.47 Å². The summed E-state index contributed by atoms with van der Waals surface area (Å²) in [5, 5.41) is 5.46. The van der Waals surface area contributed by atoms with Crippen molar-refractivity contribution in [3.05, 3.63) is 22.4 Å². The quantitative estimate of drug-likeness (QED) is 0.285. The van der Waals surface area contributed by atoms with Crippen LogP contribution in [0.2, 0.25) is 0 Å². The summed E-state index contributed by atoms with van der Waals surface area (Å²) < 4.78 is 11.2. The minimum atomic E-state index is 0. The molecule has 2 rings (SSSR count). The number of rotatable bonds is 8. The fraction of sp³-hybridized carbons (Fsp3) is 0.688. The van der Waals surface area contributed by atoms with Gasteiger partial charge >= 0.3 is 0 Å². The van der Waals surface area contributed by atoms with Crippen LogP contribution in [0.3, 0.4) is 0 Å². The summed E-state index contributed by atoms with van der Waals surface area (Å²) in [4.78, 5) is 7.88. The lowest BCUT2D eigenvalue weighted by molar-refractivity contribution is 0.0190. The lowest BCUT2D eigenvalue weighted by Crippen LogP contribution is -2.41. The predicted octanol–water partition coefficient (Wildman–Crippen LogP) is 2.61. The van der Waals surface area contributed by atoms with Crippen LogP contribution in [-0.4, -0.2) is 64.0 Å². The molecular weight excluding hydrogens is 425 g/mol. The minimum absolute atomic E-state index is 0. The highest BCUT2D eigenvalue weighted by atomic mass is 127. The summed E-state index contributed by atoms with van der Waals surface area (Å²) in [7, 11) is 3.88. The van der Waals surface area contributed by atoms with Crippen molar-refractivity contribution in [1.29, 1.82) is 0 Å². The molecule has 23 heavy (non-hydrogen) atoms. The van der Waals surface area contributed by atoms with Crippen molar-refractivity contribution < 1.29 is 9.47 Å². The molecular formula is C16H28IN3O2S. The number of hydrogen-bond donors (Lipinski definition) is 1. The molecule has 7 heteroatoms. The van der Waals surface area contributed by atoms with E-state index in [1.165, 1.54) is 4.88 Å². The van der Waals surface area contributed by atoms with Crippen LogP contribution >= 0.6 is 35.3 Å². The van der Waals surface area contributed by atoms with Crippen molar-refractivity contribution in [1.82, 2.24) is 10.2 Å². The predicted molar refractivity (Wildman–Crippen MR) is 107 cm³/mol. The van der Waals surface area contributed by atoms with Crippen LogP contribution in [0.15, 0.2) is 22.5 Å². The van der Waals surface area contributed by atoms with Gasteiger partial charge in [0.2, 0.25) is 0 Å². The molecule has 0 aliphatic carbocycles. The SMILES string of the molecule is CN=C(NCCOCC1CCCO1)N(C)CCc1cccs1.I. The monoisotopic (exact) mass is 453 g/mol. The summed E-state index contributed by atoms with van der Waals surface area (Å²) in [6.45, 7) is 3.99. The van der Waals surface area contributed by atoms with Crippen LogP contribution in [0.25, 0.3) is 0 Å². The Morgan fingerprint density at radius 3 is 3.09 bits per heavy atom. The Balaban J connectivity index is 0.00000264. The number of nitrogens with zero attached hydrogens (tertiary/aromatic N) is 2. The highest BCUT2D eigenvalue weighted by molar-refractivity contribution is 14.0. The maximum Gasteiger partial charge on any atom is 0.193 e. The molecule has 0 bridgehead atoms. The first-order chi connectivity index (χ1) is 10.8. The van der Waals surface area contributed by atoms with Crippen LogP contribution < -0.4 is 5.32 Å². The molecule has 1 aliphatic heterocycles. The Bertz CT molecular complexity index is 437. The highest BCUT2D eigenvalue weighted by Gasteiger charge is 2.15. The molecule has 132 valence electrons. The molecule has 1 fully saturated rings. The van der Waals surface area contributed by atoms with Gasteiger partial charge in [-0.15, -0.1) is 35.3 Å². The van der Waals surface area contributed by atoms with Gasteiger partial charge in [-0.1, -0.05) is 6.07 Å². The molecule has 0 radical (unpaired) electrons. The average Bonchev–Trinajstić information content (AvgIpc) is 3.21. The van der Waals surface area contributed by atoms with Crippen molar-refractivity contribution in [3.8, 4) is 0 Å². The standard InChI is InChI=1S/C16H27N3O2S.HI/c1-17-16(19(2)9-7-15-6-4-12-22-15)18-8-11-20-13-14-5-3-10-21-14;/h4,6,12,14H,3,5,7-11,13H2,1-2H3,(H,17,18);1H. The lowest BCUT2D eigenvalue weighted by atomic mass is 10.2. The molecule has 1 atom stereocenters. The van der Waals surface area contributed by atoms with Gasteiger partial charge in [0.15, 0.2) is 5.96 Å². The Hall–Kier alpha value is -0.380. The van der Waals surface area contributed by atoms with E-state index >= 15 is 0 Å². The van der Waals surface area contributed by atoms with E-state index in [1.807, 2.05) is 7.05 Å². The van der Waals surface area contributed by atoms with Crippen molar-refractivity contribution in [2.45, 2.75) is 25.4 Å². The largest absolute Gasteiger partial charge is 0.377 e. The first-order valence-corrected chi connectivity index (χ1v) is 8.81. The molecule has 0 aromatic carbocycles. The number of hydrogen-bond acceptors (Lipinski definition) is 4. The van der Waals surface area contributed by atoms with E-state index in [0.29, 0.717) is 19.3 Å². The maximum atomic E-state index is 5.65. The molecule has 0 saturated carbocycles. The molecule has 0 amide bonds. The van der Waals surface area contributed by atoms with Crippen LogP contribution in [-0.2, 0) is 15.9 Å². The van der Waals surface area contributed by atoms with E-state index < -0.39 is 0 Å². The van der Waals surface area contributed by atoms with Gasteiger partial charge in [0.1, 0.15) is 0 Å². The van der Waals surface area contributed by atoms with Gasteiger partial charge in [0.25, 0.3) is 0 Å². The zero-order valence-corrected chi connectivity index (χ0v) is 17.1. The normalized spacial score (nSPS) is 17.8. The Morgan fingerprint density at radius 2 is 2.43 bits per heavy atom. The second-order valence-corrected chi connectivity index (χ2v) is 6.47. The maximum absolute atomic E-state index is 5.65. The molecule has 2 heterocycles. The second kappa shape index (κ2) is 12.0. The third kappa shape index (κ3) is 7.82. The fourth-order valence-electron chi connectivity index (χ4n) is 2.45. The summed E-state index contributed by atoms with van der Waals surface area (Å²) in [5.41, 5.74) is 0. The van der Waals surface area contributed by atoms with Gasteiger partial charge in [0, 0.05) is 38.7 Å². The van der Waals surface area contributed by atoms with Crippen molar-refractivity contribution in [2.75, 3.05) is 47.0 Å². The average molecular weight is 453 g/mol. The number of halogens is 1. The van der Waals surface area contributed by atoms with Crippen LogP contribution in [0.1, 0.15) is 17.7 Å². The van der Waals surface area contributed by atoms with Crippen molar-refractivity contribution in [3.63, 3.8) is 0 Å². The summed E-state index contributed by atoms with van der Waals surface area (Å²) in [6.07, 6.45) is 3.63. The van der Waals surface area contributed by atoms with Gasteiger partial charge in [-0.05, 0) is 30.7 Å². The van der Waals surface area contributed by atoms with E-state index in [2.05, 4.69) is 39.8 Å². The number of nitrogens with one attached hydrogen (secondary N) is 1. The topological polar surface area (TPSA) is 46.1 Å². The van der Waals surface area contributed by atoms with Gasteiger partial charge in [-0.25, -0.2) is 0 Å². The molecule has 1 aromatic heterocycles. The smallest absolute Gasteiger partial charge is 0.193 e. The van der Waals surface area contributed by atoms with Gasteiger partial charge in [0.05, 0.1) is 19.3 Å². The molecule has 1 saturated heterocycles.